The van der Waals surface area contributed by atoms with Gasteiger partial charge >= 0.3 is 6.18 Å². The predicted octanol–water partition coefficient (Wildman–Crippen LogP) is 4.23. The fourth-order valence-electron chi connectivity index (χ4n) is 2.38. The lowest BCUT2D eigenvalue weighted by Crippen LogP contribution is -2.33. The molecule has 4 nitrogen and oxygen atoms in total. The van der Waals surface area contributed by atoms with Gasteiger partial charge in [-0.2, -0.15) is 13.2 Å². The zero-order chi connectivity index (χ0) is 19.3. The molecule has 0 unspecified atom stereocenters. The molecule has 2 aromatic carbocycles. The van der Waals surface area contributed by atoms with Crippen molar-refractivity contribution in [3.05, 3.63) is 59.9 Å². The van der Waals surface area contributed by atoms with Crippen LogP contribution in [0.4, 0.5) is 28.9 Å². The Bertz CT molecular complexity index is 806. The number of hydrogen-bond acceptors (Lipinski definition) is 2. The Hall–Kier alpha value is -2.90. The van der Waals surface area contributed by atoms with Gasteiger partial charge in [-0.3, -0.25) is 9.59 Å². The van der Waals surface area contributed by atoms with Gasteiger partial charge in [0.15, 0.2) is 0 Å². The molecule has 0 radical (unpaired) electrons. The Labute approximate surface area is 147 Å². The van der Waals surface area contributed by atoms with Crippen molar-refractivity contribution in [3.63, 3.8) is 0 Å². The van der Waals surface area contributed by atoms with Crippen molar-refractivity contribution in [3.8, 4) is 0 Å². The third-order valence-corrected chi connectivity index (χ3v) is 3.59. The van der Waals surface area contributed by atoms with E-state index in [2.05, 4.69) is 5.32 Å². The lowest BCUT2D eigenvalue weighted by atomic mass is 10.1. The molecule has 26 heavy (non-hydrogen) atoms. The fourth-order valence-corrected chi connectivity index (χ4v) is 2.38. The number of carbonyl (C=O) groups excluding carboxylic acids is 2. The summed E-state index contributed by atoms with van der Waals surface area (Å²) in [5.41, 5.74) is -1.33. The number of amides is 2. The Kier molecular flexibility index (Phi) is 5.97. The minimum absolute atomic E-state index is 0.0393. The van der Waals surface area contributed by atoms with Crippen LogP contribution in [0.2, 0.25) is 0 Å². The third kappa shape index (κ3) is 4.81. The number of nitrogens with one attached hydrogen (secondary N) is 1. The summed E-state index contributed by atoms with van der Waals surface area (Å²) in [6, 6.07) is 10.1. The van der Waals surface area contributed by atoms with E-state index in [1.165, 1.54) is 36.4 Å². The van der Waals surface area contributed by atoms with Crippen molar-refractivity contribution in [2.75, 3.05) is 16.8 Å². The summed E-state index contributed by atoms with van der Waals surface area (Å²) in [7, 11) is 0. The highest BCUT2D eigenvalue weighted by Crippen LogP contribution is 2.36. The molecule has 2 aromatic rings. The Morgan fingerprint density at radius 1 is 1.04 bits per heavy atom. The van der Waals surface area contributed by atoms with E-state index in [1.807, 2.05) is 0 Å². The Morgan fingerprint density at radius 2 is 1.65 bits per heavy atom. The molecule has 2 rings (SSSR count). The second-order valence-corrected chi connectivity index (χ2v) is 5.46. The van der Waals surface area contributed by atoms with Crippen LogP contribution >= 0.6 is 0 Å². The minimum Gasteiger partial charge on any atom is -0.324 e. The zero-order valence-corrected chi connectivity index (χ0v) is 13.8. The molecular formula is C18H16F4N2O2. The quantitative estimate of drug-likeness (QED) is 0.803. The van der Waals surface area contributed by atoms with Crippen molar-refractivity contribution in [1.82, 2.24) is 0 Å². The molecule has 0 aromatic heterocycles. The first kappa shape index (κ1) is 19.4. The second-order valence-electron chi connectivity index (χ2n) is 5.46. The molecule has 0 heterocycles. The monoisotopic (exact) mass is 368 g/mol. The number of alkyl halides is 3. The van der Waals surface area contributed by atoms with E-state index in [4.69, 9.17) is 0 Å². The lowest BCUT2D eigenvalue weighted by Gasteiger charge is -2.24. The molecule has 0 saturated carbocycles. The van der Waals surface area contributed by atoms with E-state index in [0.717, 1.165) is 24.0 Å². The number of anilines is 2. The number of hydrogen-bond donors (Lipinski definition) is 1. The van der Waals surface area contributed by atoms with Gasteiger partial charge in [0.2, 0.25) is 11.8 Å². The normalized spacial score (nSPS) is 11.1. The highest BCUT2D eigenvalue weighted by molar-refractivity contribution is 5.95. The molecule has 0 aliphatic heterocycles. The molecule has 0 aliphatic carbocycles. The highest BCUT2D eigenvalue weighted by Gasteiger charge is 2.35. The maximum Gasteiger partial charge on any atom is 0.418 e. The average molecular weight is 368 g/mol. The standard InChI is InChI=1S/C18H16F4N2O2/c1-12(25)24(16-9-5-2-6-13(16)18(20,21)22)11-10-17(26)23-15-8-4-3-7-14(15)19/h2-9H,10-11H2,1H3,(H,23,26). The molecule has 1 N–H and O–H groups in total. The van der Waals surface area contributed by atoms with Crippen molar-refractivity contribution in [1.29, 1.82) is 0 Å². The third-order valence-electron chi connectivity index (χ3n) is 3.59. The van der Waals surface area contributed by atoms with E-state index < -0.39 is 29.4 Å². The maximum absolute atomic E-state index is 13.5. The molecule has 0 atom stereocenters. The second kappa shape index (κ2) is 7.99. The molecular weight excluding hydrogens is 352 g/mol. The SMILES string of the molecule is CC(=O)N(CCC(=O)Nc1ccccc1F)c1ccccc1C(F)(F)F. The van der Waals surface area contributed by atoms with Crippen molar-refractivity contribution < 1.29 is 27.2 Å². The van der Waals surface area contributed by atoms with Crippen molar-refractivity contribution in [2.24, 2.45) is 0 Å². The number of nitrogens with zero attached hydrogens (tertiary/aromatic N) is 1. The number of rotatable bonds is 5. The summed E-state index contributed by atoms with van der Waals surface area (Å²) in [5.74, 6) is -1.89. The summed E-state index contributed by atoms with van der Waals surface area (Å²) in [5, 5.41) is 2.33. The Balaban J connectivity index is 2.14. The van der Waals surface area contributed by atoms with Crippen LogP contribution in [0.3, 0.4) is 0 Å². The van der Waals surface area contributed by atoms with Gasteiger partial charge in [0.25, 0.3) is 0 Å². The molecule has 2 amide bonds. The van der Waals surface area contributed by atoms with Crippen LogP contribution < -0.4 is 10.2 Å². The van der Waals surface area contributed by atoms with Crippen molar-refractivity contribution in [2.45, 2.75) is 19.5 Å². The Morgan fingerprint density at radius 3 is 2.27 bits per heavy atom. The van der Waals surface area contributed by atoms with Crippen LogP contribution in [0.5, 0.6) is 0 Å². The van der Waals surface area contributed by atoms with Gasteiger partial charge in [0, 0.05) is 19.9 Å². The van der Waals surface area contributed by atoms with Gasteiger partial charge in [-0.15, -0.1) is 0 Å². The van der Waals surface area contributed by atoms with Gasteiger partial charge in [-0.05, 0) is 24.3 Å². The number of para-hydroxylation sites is 2. The van der Waals surface area contributed by atoms with Gasteiger partial charge in [0.05, 0.1) is 16.9 Å². The molecule has 0 fully saturated rings. The maximum atomic E-state index is 13.5. The topological polar surface area (TPSA) is 49.4 Å². The average Bonchev–Trinajstić information content (AvgIpc) is 2.56. The van der Waals surface area contributed by atoms with Gasteiger partial charge in [-0.1, -0.05) is 24.3 Å². The van der Waals surface area contributed by atoms with E-state index in [-0.39, 0.29) is 24.3 Å². The summed E-state index contributed by atoms with van der Waals surface area (Å²) in [6.07, 6.45) is -4.93. The number of benzene rings is 2. The first-order valence-corrected chi connectivity index (χ1v) is 7.69. The van der Waals surface area contributed by atoms with E-state index >= 15 is 0 Å². The van der Waals surface area contributed by atoms with Crippen LogP contribution in [0, 0.1) is 5.82 Å². The van der Waals surface area contributed by atoms with Gasteiger partial charge in [0.1, 0.15) is 5.82 Å². The fraction of sp³-hybridized carbons (Fsp3) is 0.222. The smallest absolute Gasteiger partial charge is 0.324 e. The van der Waals surface area contributed by atoms with Crippen LogP contribution in [0.25, 0.3) is 0 Å². The van der Waals surface area contributed by atoms with Gasteiger partial charge in [-0.25, -0.2) is 4.39 Å². The molecule has 138 valence electrons. The zero-order valence-electron chi connectivity index (χ0n) is 13.8. The highest BCUT2D eigenvalue weighted by atomic mass is 19.4. The van der Waals surface area contributed by atoms with Crippen LogP contribution in [-0.2, 0) is 15.8 Å². The molecule has 0 bridgehead atoms. The summed E-state index contributed by atoms with van der Waals surface area (Å²) in [6.45, 7) is 0.838. The molecule has 0 saturated heterocycles. The van der Waals surface area contributed by atoms with Crippen molar-refractivity contribution >= 4 is 23.2 Å². The predicted molar refractivity (Wildman–Crippen MR) is 89.1 cm³/mol. The molecule has 0 spiro atoms. The summed E-state index contributed by atoms with van der Waals surface area (Å²) in [4.78, 5) is 24.7. The summed E-state index contributed by atoms with van der Waals surface area (Å²) < 4.78 is 53.0. The summed E-state index contributed by atoms with van der Waals surface area (Å²) >= 11 is 0. The van der Waals surface area contributed by atoms with Crippen LogP contribution in [-0.4, -0.2) is 18.4 Å². The lowest BCUT2D eigenvalue weighted by molar-refractivity contribution is -0.137. The van der Waals surface area contributed by atoms with E-state index in [1.54, 1.807) is 0 Å². The number of carbonyl (C=O) groups is 2. The van der Waals surface area contributed by atoms with E-state index in [0.29, 0.717) is 0 Å². The minimum atomic E-state index is -4.64. The largest absolute Gasteiger partial charge is 0.418 e. The first-order chi connectivity index (χ1) is 12.2. The van der Waals surface area contributed by atoms with Crippen LogP contribution in [0.1, 0.15) is 18.9 Å². The molecule has 0 aliphatic rings. The van der Waals surface area contributed by atoms with E-state index in [9.17, 15) is 27.2 Å². The number of halogens is 4. The molecule has 8 heteroatoms. The van der Waals surface area contributed by atoms with Gasteiger partial charge < -0.3 is 10.2 Å². The van der Waals surface area contributed by atoms with Crippen LogP contribution in [0.15, 0.2) is 48.5 Å². The first-order valence-electron chi connectivity index (χ1n) is 7.69.